The molecule has 1 heterocycles. The summed E-state index contributed by atoms with van der Waals surface area (Å²) in [4.78, 5) is 3.22. The molecule has 0 radical (unpaired) electrons. The molecule has 0 bridgehead atoms. The summed E-state index contributed by atoms with van der Waals surface area (Å²) in [5, 5.41) is 4.61. The summed E-state index contributed by atoms with van der Waals surface area (Å²) in [6, 6.07) is 14.2. The quantitative estimate of drug-likeness (QED) is 0.661. The van der Waals surface area contributed by atoms with Gasteiger partial charge in [-0.15, -0.1) is 0 Å². The third kappa shape index (κ3) is 3.22. The van der Waals surface area contributed by atoms with Crippen LogP contribution >= 0.6 is 0 Å². The highest BCUT2D eigenvalue weighted by Gasteiger charge is 2.12. The Morgan fingerprint density at radius 3 is 2.58 bits per heavy atom. The average Bonchev–Trinajstić information content (AvgIpc) is 3.04. The molecule has 2 nitrogen and oxygen atoms in total. The number of rotatable bonds is 4. The van der Waals surface area contributed by atoms with Crippen LogP contribution in [0.4, 0.5) is 4.39 Å². The summed E-state index contributed by atoms with van der Waals surface area (Å²) in [6.45, 7) is 0.924. The van der Waals surface area contributed by atoms with Gasteiger partial charge in [0.05, 0.1) is 0 Å². The number of fused-ring (bicyclic) bond motifs is 1. The van der Waals surface area contributed by atoms with Crippen molar-refractivity contribution in [1.29, 1.82) is 0 Å². The first kappa shape index (κ1) is 15.4. The molecule has 1 aromatic heterocycles. The number of aromatic nitrogens is 1. The van der Waals surface area contributed by atoms with Crippen LogP contribution in [0.15, 0.2) is 48.7 Å². The van der Waals surface area contributed by atoms with E-state index in [0.29, 0.717) is 6.04 Å². The molecule has 3 aromatic rings. The van der Waals surface area contributed by atoms with E-state index < -0.39 is 0 Å². The van der Waals surface area contributed by atoms with Crippen molar-refractivity contribution in [2.24, 2.45) is 0 Å². The Balaban J connectivity index is 1.49. The number of aromatic amines is 1. The minimum Gasteiger partial charge on any atom is -0.361 e. The van der Waals surface area contributed by atoms with Gasteiger partial charge in [-0.1, -0.05) is 43.5 Å². The standard InChI is InChI=1S/C21H23FN2/c22-17-10-11-21-19(12-17)20(14-24-21)16-8-6-15(7-9-16)13-23-18-4-2-1-3-5-18/h6-12,14,18,23-24H,1-5,13H2. The molecule has 0 atom stereocenters. The fourth-order valence-corrected chi connectivity index (χ4v) is 3.70. The van der Waals surface area contributed by atoms with Crippen LogP contribution in [0, 0.1) is 5.82 Å². The number of H-pyrrole nitrogens is 1. The third-order valence-corrected chi connectivity index (χ3v) is 5.11. The molecule has 0 aliphatic heterocycles. The predicted molar refractivity (Wildman–Crippen MR) is 97.4 cm³/mol. The van der Waals surface area contributed by atoms with E-state index in [1.165, 1.54) is 43.7 Å². The Bertz CT molecular complexity index is 813. The summed E-state index contributed by atoms with van der Waals surface area (Å²) < 4.78 is 13.5. The molecular weight excluding hydrogens is 299 g/mol. The molecule has 0 saturated heterocycles. The molecule has 0 spiro atoms. The lowest BCUT2D eigenvalue weighted by molar-refractivity contribution is 0.372. The van der Waals surface area contributed by atoms with Gasteiger partial charge in [0.1, 0.15) is 5.82 Å². The van der Waals surface area contributed by atoms with E-state index in [-0.39, 0.29) is 5.82 Å². The maximum absolute atomic E-state index is 13.5. The first-order valence-electron chi connectivity index (χ1n) is 8.89. The number of halogens is 1. The van der Waals surface area contributed by atoms with Crippen LogP contribution in [-0.2, 0) is 6.54 Å². The van der Waals surface area contributed by atoms with Gasteiger partial charge in [-0.3, -0.25) is 0 Å². The van der Waals surface area contributed by atoms with Crippen LogP contribution in [0.5, 0.6) is 0 Å². The molecule has 2 aromatic carbocycles. The summed E-state index contributed by atoms with van der Waals surface area (Å²) >= 11 is 0. The van der Waals surface area contributed by atoms with E-state index >= 15 is 0 Å². The van der Waals surface area contributed by atoms with Crippen LogP contribution < -0.4 is 5.32 Å². The Morgan fingerprint density at radius 2 is 1.79 bits per heavy atom. The van der Waals surface area contributed by atoms with Gasteiger partial charge in [-0.05, 0) is 42.2 Å². The molecule has 1 saturated carbocycles. The van der Waals surface area contributed by atoms with Crippen LogP contribution in [0.3, 0.4) is 0 Å². The summed E-state index contributed by atoms with van der Waals surface area (Å²) in [6.07, 6.45) is 8.66. The van der Waals surface area contributed by atoms with Crippen molar-refractivity contribution in [3.05, 3.63) is 60.0 Å². The topological polar surface area (TPSA) is 27.8 Å². The van der Waals surface area contributed by atoms with Gasteiger partial charge in [0.25, 0.3) is 0 Å². The molecule has 4 rings (SSSR count). The van der Waals surface area contributed by atoms with E-state index in [0.717, 1.165) is 28.6 Å². The monoisotopic (exact) mass is 322 g/mol. The first-order valence-corrected chi connectivity index (χ1v) is 8.89. The van der Waals surface area contributed by atoms with Gasteiger partial charge in [0.2, 0.25) is 0 Å². The van der Waals surface area contributed by atoms with Gasteiger partial charge in [0.15, 0.2) is 0 Å². The summed E-state index contributed by atoms with van der Waals surface area (Å²) in [5.41, 5.74) is 4.44. The molecule has 1 fully saturated rings. The SMILES string of the molecule is Fc1ccc2[nH]cc(-c3ccc(CNC4CCCCC4)cc3)c2c1. The zero-order valence-corrected chi connectivity index (χ0v) is 13.8. The zero-order chi connectivity index (χ0) is 16.4. The van der Waals surface area contributed by atoms with E-state index in [1.54, 1.807) is 12.1 Å². The maximum atomic E-state index is 13.5. The molecule has 1 aliphatic carbocycles. The molecule has 124 valence electrons. The second-order valence-electron chi connectivity index (χ2n) is 6.81. The van der Waals surface area contributed by atoms with Crippen LogP contribution in [0.1, 0.15) is 37.7 Å². The lowest BCUT2D eigenvalue weighted by atomic mass is 9.95. The molecule has 0 amide bonds. The van der Waals surface area contributed by atoms with E-state index in [2.05, 4.69) is 34.6 Å². The largest absolute Gasteiger partial charge is 0.361 e. The van der Waals surface area contributed by atoms with E-state index in [1.807, 2.05) is 6.20 Å². The molecule has 2 N–H and O–H groups in total. The Morgan fingerprint density at radius 1 is 1.00 bits per heavy atom. The number of benzene rings is 2. The van der Waals surface area contributed by atoms with Crippen LogP contribution in [0.2, 0.25) is 0 Å². The van der Waals surface area contributed by atoms with Crippen molar-refractivity contribution in [3.8, 4) is 11.1 Å². The number of nitrogens with one attached hydrogen (secondary N) is 2. The number of hydrogen-bond donors (Lipinski definition) is 2. The average molecular weight is 322 g/mol. The van der Waals surface area contributed by atoms with Crippen LogP contribution in [0.25, 0.3) is 22.0 Å². The van der Waals surface area contributed by atoms with Crippen molar-refractivity contribution >= 4 is 10.9 Å². The van der Waals surface area contributed by atoms with Crippen molar-refractivity contribution < 1.29 is 4.39 Å². The lowest BCUT2D eigenvalue weighted by Gasteiger charge is -2.22. The fourth-order valence-electron chi connectivity index (χ4n) is 3.70. The van der Waals surface area contributed by atoms with Gasteiger partial charge in [-0.2, -0.15) is 0 Å². The van der Waals surface area contributed by atoms with E-state index in [9.17, 15) is 4.39 Å². The van der Waals surface area contributed by atoms with Gasteiger partial charge in [0, 0.05) is 35.2 Å². The Hall–Kier alpha value is -2.13. The summed E-state index contributed by atoms with van der Waals surface area (Å²) in [5.74, 6) is -0.198. The lowest BCUT2D eigenvalue weighted by Crippen LogP contribution is -2.30. The van der Waals surface area contributed by atoms with Crippen LogP contribution in [-0.4, -0.2) is 11.0 Å². The highest BCUT2D eigenvalue weighted by molar-refractivity contribution is 5.95. The molecule has 1 aliphatic rings. The fraction of sp³-hybridized carbons (Fsp3) is 0.333. The van der Waals surface area contributed by atoms with Gasteiger partial charge in [-0.25, -0.2) is 4.39 Å². The zero-order valence-electron chi connectivity index (χ0n) is 13.8. The van der Waals surface area contributed by atoms with Crippen molar-refractivity contribution in [3.63, 3.8) is 0 Å². The minimum absolute atomic E-state index is 0.198. The van der Waals surface area contributed by atoms with Crippen molar-refractivity contribution in [2.45, 2.75) is 44.7 Å². The first-order chi connectivity index (χ1) is 11.8. The Kier molecular flexibility index (Phi) is 4.35. The highest BCUT2D eigenvalue weighted by Crippen LogP contribution is 2.29. The molecule has 3 heteroatoms. The van der Waals surface area contributed by atoms with Crippen molar-refractivity contribution in [1.82, 2.24) is 10.3 Å². The highest BCUT2D eigenvalue weighted by atomic mass is 19.1. The van der Waals surface area contributed by atoms with E-state index in [4.69, 9.17) is 0 Å². The number of hydrogen-bond acceptors (Lipinski definition) is 1. The Labute approximate surface area is 142 Å². The second-order valence-corrected chi connectivity index (χ2v) is 6.81. The van der Waals surface area contributed by atoms with Gasteiger partial charge < -0.3 is 10.3 Å². The van der Waals surface area contributed by atoms with Crippen molar-refractivity contribution in [2.75, 3.05) is 0 Å². The summed E-state index contributed by atoms with van der Waals surface area (Å²) in [7, 11) is 0. The predicted octanol–water partition coefficient (Wildman–Crippen LogP) is 5.40. The molecular formula is C21H23FN2. The molecule has 24 heavy (non-hydrogen) atoms. The minimum atomic E-state index is -0.198. The normalized spacial score (nSPS) is 15.9. The maximum Gasteiger partial charge on any atom is 0.123 e. The second kappa shape index (κ2) is 6.78. The van der Waals surface area contributed by atoms with Gasteiger partial charge >= 0.3 is 0 Å². The smallest absolute Gasteiger partial charge is 0.123 e. The third-order valence-electron chi connectivity index (χ3n) is 5.11. The molecule has 0 unspecified atom stereocenters.